The van der Waals surface area contributed by atoms with Crippen LogP contribution >= 0.6 is 0 Å². The molecule has 0 rings (SSSR count). The van der Waals surface area contributed by atoms with Gasteiger partial charge in [-0.25, -0.2) is 0 Å². The van der Waals surface area contributed by atoms with Gasteiger partial charge in [-0.1, -0.05) is 6.58 Å². The molecule has 0 bridgehead atoms. The highest BCUT2D eigenvalue weighted by molar-refractivity contribution is 5.74. The Hall–Kier alpha value is -0.790. The molecule has 2 nitrogen and oxygen atoms in total. The molecule has 0 aliphatic heterocycles. The molecule has 0 spiro atoms. The molecule has 0 aromatic carbocycles. The van der Waals surface area contributed by atoms with Crippen LogP contribution in [0.15, 0.2) is 12.8 Å². The average Bonchev–Trinajstić information content (AvgIpc) is 1.64. The van der Waals surface area contributed by atoms with Crippen LogP contribution in [0.5, 0.6) is 0 Å². The van der Waals surface area contributed by atoms with Crippen molar-refractivity contribution in [3.63, 3.8) is 0 Å². The van der Waals surface area contributed by atoms with E-state index in [4.69, 9.17) is 0 Å². The van der Waals surface area contributed by atoms with Gasteiger partial charge in [0.15, 0.2) is 0 Å². The van der Waals surface area contributed by atoms with Crippen LogP contribution in [-0.4, -0.2) is 16.8 Å². The summed E-state index contributed by atoms with van der Waals surface area (Å²) >= 11 is 0. The topological polar surface area (TPSA) is 20.3 Å². The van der Waals surface area contributed by atoms with Gasteiger partial charge < -0.3 is 4.90 Å². The maximum atomic E-state index is 10.7. The van der Waals surface area contributed by atoms with Crippen molar-refractivity contribution in [3.8, 4) is 0 Å². The van der Waals surface area contributed by atoms with E-state index in [9.17, 15) is 4.79 Å². The lowest BCUT2D eigenvalue weighted by Gasteiger charge is -2.19. The number of rotatable bonds is 2. The smallest absolute Gasteiger partial charge is 0.223 e. The minimum absolute atomic E-state index is 0.0417. The van der Waals surface area contributed by atoms with E-state index in [1.54, 1.807) is 11.1 Å². The van der Waals surface area contributed by atoms with Gasteiger partial charge in [0.1, 0.15) is 0 Å². The van der Waals surface area contributed by atoms with Crippen molar-refractivity contribution in [2.75, 3.05) is 0 Å². The van der Waals surface area contributed by atoms with Crippen molar-refractivity contribution in [2.45, 2.75) is 26.8 Å². The van der Waals surface area contributed by atoms with E-state index >= 15 is 0 Å². The molecule has 0 aliphatic carbocycles. The number of carbonyl (C=O) groups excluding carboxylic acids is 1. The van der Waals surface area contributed by atoms with Gasteiger partial charge in [-0.05, 0) is 20.0 Å². The van der Waals surface area contributed by atoms with Crippen molar-refractivity contribution in [2.24, 2.45) is 0 Å². The van der Waals surface area contributed by atoms with Gasteiger partial charge in [0, 0.05) is 13.0 Å². The Labute approximate surface area is 56.2 Å². The van der Waals surface area contributed by atoms with Crippen LogP contribution in [-0.2, 0) is 4.79 Å². The molecule has 0 saturated carbocycles. The molecule has 2 heteroatoms. The molecule has 9 heavy (non-hydrogen) atoms. The van der Waals surface area contributed by atoms with Crippen LogP contribution in [0.2, 0.25) is 0 Å². The van der Waals surface area contributed by atoms with Gasteiger partial charge in [0.05, 0.1) is 0 Å². The fourth-order valence-electron chi connectivity index (χ4n) is 0.703. The van der Waals surface area contributed by atoms with Gasteiger partial charge in [-0.2, -0.15) is 0 Å². The summed E-state index contributed by atoms with van der Waals surface area (Å²) < 4.78 is 0. The first-order valence-electron chi connectivity index (χ1n) is 3.01. The van der Waals surface area contributed by atoms with E-state index in [2.05, 4.69) is 6.58 Å². The van der Waals surface area contributed by atoms with E-state index in [1.807, 2.05) is 13.8 Å². The summed E-state index contributed by atoms with van der Waals surface area (Å²) in [4.78, 5) is 12.3. The number of carbonyl (C=O) groups is 1. The zero-order valence-corrected chi connectivity index (χ0v) is 6.22. The highest BCUT2D eigenvalue weighted by Crippen LogP contribution is 1.97. The summed E-state index contributed by atoms with van der Waals surface area (Å²) in [6.45, 7) is 8.93. The van der Waals surface area contributed by atoms with E-state index in [1.165, 1.54) is 6.92 Å². The summed E-state index contributed by atoms with van der Waals surface area (Å²) in [7, 11) is 0. The second kappa shape index (κ2) is 3.28. The summed E-state index contributed by atoms with van der Waals surface area (Å²) in [6, 6.07) is 0.222. The second-order valence-electron chi connectivity index (χ2n) is 2.20. The largest absolute Gasteiger partial charge is 0.317 e. The molecular formula is C7H13NO. The van der Waals surface area contributed by atoms with Crippen LogP contribution in [0.3, 0.4) is 0 Å². The Balaban J connectivity index is 3.98. The van der Waals surface area contributed by atoms with E-state index < -0.39 is 0 Å². The minimum atomic E-state index is 0.0417. The SMILES string of the molecule is C=CN(C(C)=O)C(C)C. The lowest BCUT2D eigenvalue weighted by atomic mass is 10.3. The van der Waals surface area contributed by atoms with Crippen molar-refractivity contribution < 1.29 is 4.79 Å². The lowest BCUT2D eigenvalue weighted by Crippen LogP contribution is -2.29. The first-order valence-corrected chi connectivity index (χ1v) is 3.01. The molecule has 1 amide bonds. The third-order valence-electron chi connectivity index (χ3n) is 1.12. The predicted octanol–water partition coefficient (Wildman–Crippen LogP) is 1.39. The molecule has 0 saturated heterocycles. The van der Waals surface area contributed by atoms with E-state index in [0.29, 0.717) is 0 Å². The van der Waals surface area contributed by atoms with E-state index in [-0.39, 0.29) is 11.9 Å². The summed E-state index contributed by atoms with van der Waals surface area (Å²) in [5, 5.41) is 0. The molecule has 0 heterocycles. The van der Waals surface area contributed by atoms with Crippen LogP contribution in [0.1, 0.15) is 20.8 Å². The lowest BCUT2D eigenvalue weighted by molar-refractivity contribution is -0.127. The Morgan fingerprint density at radius 3 is 2.11 bits per heavy atom. The first-order chi connectivity index (χ1) is 4.09. The van der Waals surface area contributed by atoms with Crippen molar-refractivity contribution in [1.82, 2.24) is 4.90 Å². The number of hydrogen-bond acceptors (Lipinski definition) is 1. The maximum Gasteiger partial charge on any atom is 0.223 e. The van der Waals surface area contributed by atoms with Crippen LogP contribution in [0, 0.1) is 0 Å². The van der Waals surface area contributed by atoms with Gasteiger partial charge in [0.2, 0.25) is 5.91 Å². The highest BCUT2D eigenvalue weighted by atomic mass is 16.2. The molecule has 0 N–H and O–H groups in total. The van der Waals surface area contributed by atoms with Crippen molar-refractivity contribution >= 4 is 5.91 Å². The third-order valence-corrected chi connectivity index (χ3v) is 1.12. The van der Waals surface area contributed by atoms with Crippen molar-refractivity contribution in [3.05, 3.63) is 12.8 Å². The number of hydrogen-bond donors (Lipinski definition) is 0. The van der Waals surface area contributed by atoms with E-state index in [0.717, 1.165) is 0 Å². The molecule has 0 aromatic heterocycles. The van der Waals surface area contributed by atoms with Crippen LogP contribution in [0.4, 0.5) is 0 Å². The minimum Gasteiger partial charge on any atom is -0.317 e. The fraction of sp³-hybridized carbons (Fsp3) is 0.571. The number of amides is 1. The molecule has 0 fully saturated rings. The summed E-state index contributed by atoms with van der Waals surface area (Å²) in [6.07, 6.45) is 1.55. The molecule has 0 atom stereocenters. The van der Waals surface area contributed by atoms with Gasteiger partial charge in [0.25, 0.3) is 0 Å². The Morgan fingerprint density at radius 1 is 1.67 bits per heavy atom. The highest BCUT2D eigenvalue weighted by Gasteiger charge is 2.06. The van der Waals surface area contributed by atoms with Gasteiger partial charge >= 0.3 is 0 Å². The Bertz CT molecular complexity index is 118. The quantitative estimate of drug-likeness (QED) is 0.549. The Kier molecular flexibility index (Phi) is 2.99. The van der Waals surface area contributed by atoms with Gasteiger partial charge in [-0.3, -0.25) is 4.79 Å². The monoisotopic (exact) mass is 127 g/mol. The molecule has 0 radical (unpaired) electrons. The van der Waals surface area contributed by atoms with Crippen molar-refractivity contribution in [1.29, 1.82) is 0 Å². The maximum absolute atomic E-state index is 10.7. The zero-order valence-electron chi connectivity index (χ0n) is 6.22. The standard InChI is InChI=1S/C7H13NO/c1-5-8(6(2)3)7(4)9/h5-6H,1H2,2-4H3. The molecule has 0 aliphatic rings. The fourth-order valence-corrected chi connectivity index (χ4v) is 0.703. The molecule has 52 valence electrons. The summed E-state index contributed by atoms with van der Waals surface area (Å²) in [5.41, 5.74) is 0. The van der Waals surface area contributed by atoms with Gasteiger partial charge in [-0.15, -0.1) is 0 Å². The third kappa shape index (κ3) is 2.31. The second-order valence-corrected chi connectivity index (χ2v) is 2.20. The normalized spacial score (nSPS) is 9.33. The molecule has 0 unspecified atom stereocenters. The molecular weight excluding hydrogens is 114 g/mol. The average molecular weight is 127 g/mol. The Morgan fingerprint density at radius 2 is 2.11 bits per heavy atom. The predicted molar refractivity (Wildman–Crippen MR) is 37.9 cm³/mol. The van der Waals surface area contributed by atoms with Crippen LogP contribution < -0.4 is 0 Å². The zero-order chi connectivity index (χ0) is 7.44. The number of nitrogens with zero attached hydrogens (tertiary/aromatic N) is 1. The molecule has 0 aromatic rings. The first kappa shape index (κ1) is 8.21. The van der Waals surface area contributed by atoms with Crippen LogP contribution in [0.25, 0.3) is 0 Å². The summed E-state index contributed by atoms with van der Waals surface area (Å²) in [5.74, 6) is 0.0417.